The van der Waals surface area contributed by atoms with E-state index in [1.807, 2.05) is 0 Å². The van der Waals surface area contributed by atoms with E-state index in [4.69, 9.17) is 0 Å². The molecule has 0 spiro atoms. The molecule has 0 aliphatic carbocycles. The van der Waals surface area contributed by atoms with Crippen molar-refractivity contribution in [3.05, 3.63) is 15.7 Å². The first-order valence-electron chi connectivity index (χ1n) is 2.28. The second kappa shape index (κ2) is 3.61. The van der Waals surface area contributed by atoms with Crippen LogP contribution in [-0.2, 0) is 6.18 Å². The monoisotopic (exact) mass is 298 g/mol. The molecule has 0 aliphatic heterocycles. The van der Waals surface area contributed by atoms with Crippen LogP contribution in [-0.4, -0.2) is 9.97 Å². The average Bonchev–Trinajstić information content (AvgIpc) is 2.11. The number of nitrogens with zero attached hydrogens (tertiary/aromatic N) is 1. The summed E-state index contributed by atoms with van der Waals surface area (Å²) in [4.78, 5) is 5.52. The van der Waals surface area contributed by atoms with Gasteiger partial charge in [-0.15, -0.1) is 12.4 Å². The van der Waals surface area contributed by atoms with Crippen LogP contribution in [0.4, 0.5) is 13.2 Å². The first kappa shape index (κ1) is 11.0. The molecule has 0 bridgehead atoms. The number of rotatable bonds is 0. The lowest BCUT2D eigenvalue weighted by molar-refractivity contribution is -0.140. The van der Waals surface area contributed by atoms with Gasteiger partial charge in [-0.1, -0.05) is 0 Å². The molecule has 0 radical (unpaired) electrons. The Morgan fingerprint density at radius 3 is 2.18 bits per heavy atom. The summed E-state index contributed by atoms with van der Waals surface area (Å²) in [5, 5.41) is 0. The summed E-state index contributed by atoms with van der Waals surface area (Å²) < 4.78 is 35.4. The summed E-state index contributed by atoms with van der Waals surface area (Å²) in [6, 6.07) is 0. The van der Waals surface area contributed by atoms with Crippen molar-refractivity contribution in [2.75, 3.05) is 0 Å². The molecule has 0 fully saturated rings. The Kier molecular flexibility index (Phi) is 3.62. The van der Waals surface area contributed by atoms with E-state index in [0.717, 1.165) is 6.20 Å². The molecule has 0 aliphatic rings. The molecule has 1 heterocycles. The zero-order valence-electron chi connectivity index (χ0n) is 4.94. The minimum absolute atomic E-state index is 0. The van der Waals surface area contributed by atoms with Crippen molar-refractivity contribution in [2.24, 2.45) is 0 Å². The predicted octanol–water partition coefficient (Wildman–Crippen LogP) is 2.45. The van der Waals surface area contributed by atoms with Gasteiger partial charge in [0.2, 0.25) is 0 Å². The lowest BCUT2D eigenvalue weighted by atomic mass is 10.5. The summed E-state index contributed by atoms with van der Waals surface area (Å²) in [5.41, 5.74) is -0.878. The van der Waals surface area contributed by atoms with E-state index in [0.29, 0.717) is 0 Å². The fourth-order valence-corrected chi connectivity index (χ4v) is 0.859. The van der Waals surface area contributed by atoms with Gasteiger partial charge in [-0.25, -0.2) is 4.98 Å². The van der Waals surface area contributed by atoms with Crippen LogP contribution in [0.15, 0.2) is 6.20 Å². The first-order chi connectivity index (χ1) is 4.50. The van der Waals surface area contributed by atoms with Crippen LogP contribution in [0, 0.1) is 3.83 Å². The molecule has 2 nitrogen and oxygen atoms in total. The molecule has 64 valence electrons. The topological polar surface area (TPSA) is 28.7 Å². The maximum atomic E-state index is 11.7. The quantitative estimate of drug-likeness (QED) is 0.732. The molecule has 0 atom stereocenters. The number of hydrogen-bond donors (Lipinski definition) is 1. The van der Waals surface area contributed by atoms with Crippen molar-refractivity contribution in [1.29, 1.82) is 0 Å². The van der Waals surface area contributed by atoms with Gasteiger partial charge >= 0.3 is 6.18 Å². The Morgan fingerprint density at radius 2 is 2.00 bits per heavy atom. The van der Waals surface area contributed by atoms with Gasteiger partial charge in [0.1, 0.15) is 0 Å². The number of nitrogens with one attached hydrogen (secondary N) is 1. The Hall–Kier alpha value is 0.0200. The minimum atomic E-state index is -4.33. The van der Waals surface area contributed by atoms with Crippen molar-refractivity contribution in [3.63, 3.8) is 0 Å². The zero-order chi connectivity index (χ0) is 7.78. The molecule has 1 N–H and O–H groups in total. The van der Waals surface area contributed by atoms with Gasteiger partial charge in [-0.3, -0.25) is 0 Å². The smallest absolute Gasteiger partial charge is 0.339 e. The minimum Gasteiger partial charge on any atom is -0.339 e. The molecule has 1 rings (SSSR count). The number of aromatic amines is 1. The van der Waals surface area contributed by atoms with E-state index in [1.54, 1.807) is 22.6 Å². The summed E-state index contributed by atoms with van der Waals surface area (Å²) >= 11 is 1.67. The predicted molar refractivity (Wildman–Crippen MR) is 43.6 cm³/mol. The van der Waals surface area contributed by atoms with Gasteiger partial charge in [0.05, 0.1) is 0 Å². The van der Waals surface area contributed by atoms with Crippen LogP contribution in [0.3, 0.4) is 0 Å². The van der Waals surface area contributed by atoms with Crippen LogP contribution < -0.4 is 0 Å². The third kappa shape index (κ3) is 2.86. The molecule has 1 aromatic heterocycles. The molecule has 0 aromatic carbocycles. The molecule has 0 amide bonds. The number of alkyl halides is 3. The molecule has 11 heavy (non-hydrogen) atoms. The fourth-order valence-electron chi connectivity index (χ4n) is 0.443. The van der Waals surface area contributed by atoms with E-state index < -0.39 is 11.9 Å². The Labute approximate surface area is 80.1 Å². The lowest BCUT2D eigenvalue weighted by Crippen LogP contribution is -2.04. The van der Waals surface area contributed by atoms with Gasteiger partial charge in [-0.05, 0) is 22.6 Å². The van der Waals surface area contributed by atoms with Crippen LogP contribution in [0.1, 0.15) is 5.69 Å². The molecule has 7 heteroatoms. The van der Waals surface area contributed by atoms with Gasteiger partial charge in [0, 0.05) is 6.20 Å². The van der Waals surface area contributed by atoms with Crippen LogP contribution >= 0.6 is 35.0 Å². The first-order valence-corrected chi connectivity index (χ1v) is 3.36. The van der Waals surface area contributed by atoms with Gasteiger partial charge < -0.3 is 4.98 Å². The number of aromatic nitrogens is 2. The van der Waals surface area contributed by atoms with E-state index in [9.17, 15) is 13.2 Å². The molecular weight excluding hydrogens is 295 g/mol. The van der Waals surface area contributed by atoms with Crippen LogP contribution in [0.2, 0.25) is 0 Å². The van der Waals surface area contributed by atoms with Crippen LogP contribution in [0.5, 0.6) is 0 Å². The summed E-state index contributed by atoms with van der Waals surface area (Å²) in [6.45, 7) is 0. The van der Waals surface area contributed by atoms with Crippen molar-refractivity contribution in [1.82, 2.24) is 9.97 Å². The second-order valence-corrected chi connectivity index (χ2v) is 2.60. The molecular formula is C4H3ClF3IN2. The highest BCUT2D eigenvalue weighted by Gasteiger charge is 2.33. The second-order valence-electron chi connectivity index (χ2n) is 1.57. The van der Waals surface area contributed by atoms with E-state index in [1.165, 1.54) is 0 Å². The summed E-state index contributed by atoms with van der Waals surface area (Å²) in [5.74, 6) is 0. The van der Waals surface area contributed by atoms with Gasteiger partial charge in [-0.2, -0.15) is 13.2 Å². The Morgan fingerprint density at radius 1 is 1.45 bits per heavy atom. The number of imidazole rings is 1. The highest BCUT2D eigenvalue weighted by molar-refractivity contribution is 14.1. The van der Waals surface area contributed by atoms with Crippen molar-refractivity contribution in [2.45, 2.75) is 6.18 Å². The molecule has 0 saturated heterocycles. The number of hydrogen-bond acceptors (Lipinski definition) is 1. The summed E-state index contributed by atoms with van der Waals surface area (Å²) in [7, 11) is 0. The Bertz CT molecular complexity index is 233. The number of H-pyrrole nitrogens is 1. The largest absolute Gasteiger partial charge is 0.434 e. The Balaban J connectivity index is 0.000001000. The third-order valence-corrected chi connectivity index (χ3v) is 1.39. The highest BCUT2D eigenvalue weighted by atomic mass is 127. The van der Waals surface area contributed by atoms with Crippen molar-refractivity contribution < 1.29 is 13.2 Å². The average molecular weight is 298 g/mol. The standard InChI is InChI=1S/C4H2F3IN2.ClH/c5-4(6,7)2-1-9-3(8)10-2;/h1H,(H,9,10);1H. The van der Waals surface area contributed by atoms with Crippen molar-refractivity contribution in [3.8, 4) is 0 Å². The number of halogens is 5. The molecule has 0 saturated carbocycles. The maximum Gasteiger partial charge on any atom is 0.434 e. The molecule has 0 unspecified atom stereocenters. The van der Waals surface area contributed by atoms with Gasteiger partial charge in [0.25, 0.3) is 0 Å². The molecule has 1 aromatic rings. The van der Waals surface area contributed by atoms with E-state index >= 15 is 0 Å². The van der Waals surface area contributed by atoms with Crippen molar-refractivity contribution >= 4 is 35.0 Å². The zero-order valence-corrected chi connectivity index (χ0v) is 7.92. The fraction of sp³-hybridized carbons (Fsp3) is 0.250. The van der Waals surface area contributed by atoms with Crippen LogP contribution in [0.25, 0.3) is 0 Å². The maximum absolute atomic E-state index is 11.7. The highest BCUT2D eigenvalue weighted by Crippen LogP contribution is 2.27. The SMILES string of the molecule is Cl.FC(F)(F)c1c[nH]c(I)n1. The third-order valence-electron chi connectivity index (χ3n) is 0.837. The van der Waals surface area contributed by atoms with E-state index in [2.05, 4.69) is 9.97 Å². The normalized spacial score (nSPS) is 10.9. The van der Waals surface area contributed by atoms with Gasteiger partial charge in [0.15, 0.2) is 9.53 Å². The van der Waals surface area contributed by atoms with E-state index in [-0.39, 0.29) is 16.2 Å². The lowest BCUT2D eigenvalue weighted by Gasteiger charge is -1.98. The summed E-state index contributed by atoms with van der Waals surface area (Å²) in [6.07, 6.45) is -3.50.